The van der Waals surface area contributed by atoms with Crippen molar-refractivity contribution in [1.82, 2.24) is 19.9 Å². The minimum atomic E-state index is 0.706. The van der Waals surface area contributed by atoms with Crippen LogP contribution in [0.3, 0.4) is 0 Å². The summed E-state index contributed by atoms with van der Waals surface area (Å²) in [4.78, 5) is 8.69. The Labute approximate surface area is 93.5 Å². The predicted molar refractivity (Wildman–Crippen MR) is 58.9 cm³/mol. The Morgan fingerprint density at radius 2 is 2.31 bits per heavy atom. The molecule has 3 rings (SSSR count). The highest BCUT2D eigenvalue weighted by Crippen LogP contribution is 2.26. The fraction of sp³-hybridized carbons (Fsp3) is 0.455. The Bertz CT molecular complexity index is 526. The fourth-order valence-electron chi connectivity index (χ4n) is 2.15. The van der Waals surface area contributed by atoms with E-state index in [0.717, 1.165) is 42.6 Å². The Hall–Kier alpha value is -1.62. The average molecular weight is 218 g/mol. The molecule has 0 saturated carbocycles. The SMILES string of the molecule is Cc1nc(C)c(-c2cnc3n2CCNC3)o1. The third kappa shape index (κ3) is 1.36. The summed E-state index contributed by atoms with van der Waals surface area (Å²) in [6.07, 6.45) is 1.87. The number of nitrogens with one attached hydrogen (secondary N) is 1. The average Bonchev–Trinajstić information content (AvgIpc) is 2.81. The van der Waals surface area contributed by atoms with Gasteiger partial charge in [-0.1, -0.05) is 0 Å². The molecule has 16 heavy (non-hydrogen) atoms. The molecule has 0 aliphatic carbocycles. The van der Waals surface area contributed by atoms with Crippen molar-refractivity contribution in [3.05, 3.63) is 23.6 Å². The first-order valence-corrected chi connectivity index (χ1v) is 5.45. The van der Waals surface area contributed by atoms with E-state index < -0.39 is 0 Å². The van der Waals surface area contributed by atoms with Crippen LogP contribution in [0.4, 0.5) is 0 Å². The molecule has 1 aliphatic heterocycles. The topological polar surface area (TPSA) is 55.9 Å². The van der Waals surface area contributed by atoms with Crippen LogP contribution in [0.1, 0.15) is 17.4 Å². The highest BCUT2D eigenvalue weighted by molar-refractivity contribution is 5.55. The van der Waals surface area contributed by atoms with Crippen LogP contribution < -0.4 is 5.32 Å². The van der Waals surface area contributed by atoms with Crippen molar-refractivity contribution in [3.63, 3.8) is 0 Å². The number of imidazole rings is 1. The van der Waals surface area contributed by atoms with E-state index in [2.05, 4.69) is 19.9 Å². The van der Waals surface area contributed by atoms with Crippen molar-refractivity contribution in [1.29, 1.82) is 0 Å². The number of nitrogens with zero attached hydrogens (tertiary/aromatic N) is 3. The lowest BCUT2D eigenvalue weighted by Crippen LogP contribution is -2.28. The van der Waals surface area contributed by atoms with Gasteiger partial charge >= 0.3 is 0 Å². The molecule has 0 spiro atoms. The number of hydrogen-bond donors (Lipinski definition) is 1. The number of hydrogen-bond acceptors (Lipinski definition) is 4. The van der Waals surface area contributed by atoms with Gasteiger partial charge in [0.2, 0.25) is 0 Å². The van der Waals surface area contributed by atoms with Crippen molar-refractivity contribution >= 4 is 0 Å². The molecular weight excluding hydrogens is 204 g/mol. The van der Waals surface area contributed by atoms with E-state index in [1.807, 2.05) is 20.0 Å². The first kappa shape index (κ1) is 9.59. The quantitative estimate of drug-likeness (QED) is 0.782. The zero-order valence-electron chi connectivity index (χ0n) is 9.45. The van der Waals surface area contributed by atoms with Crippen LogP contribution in [-0.4, -0.2) is 21.1 Å². The number of aryl methyl sites for hydroxylation is 2. The van der Waals surface area contributed by atoms with Crippen LogP contribution in [0.2, 0.25) is 0 Å². The zero-order chi connectivity index (χ0) is 11.1. The van der Waals surface area contributed by atoms with E-state index in [1.54, 1.807) is 0 Å². The van der Waals surface area contributed by atoms with Crippen molar-refractivity contribution < 1.29 is 4.42 Å². The maximum atomic E-state index is 5.63. The summed E-state index contributed by atoms with van der Waals surface area (Å²) in [6.45, 7) is 6.57. The highest BCUT2D eigenvalue weighted by Gasteiger charge is 2.19. The maximum Gasteiger partial charge on any atom is 0.192 e. The molecule has 0 radical (unpaired) electrons. The number of aromatic nitrogens is 3. The van der Waals surface area contributed by atoms with Gasteiger partial charge in [-0.25, -0.2) is 9.97 Å². The van der Waals surface area contributed by atoms with Crippen LogP contribution in [0.15, 0.2) is 10.6 Å². The van der Waals surface area contributed by atoms with Gasteiger partial charge in [0.05, 0.1) is 18.4 Å². The Balaban J connectivity index is 2.13. The van der Waals surface area contributed by atoms with Gasteiger partial charge in [-0.15, -0.1) is 0 Å². The van der Waals surface area contributed by atoms with Crippen molar-refractivity contribution in [2.24, 2.45) is 0 Å². The summed E-state index contributed by atoms with van der Waals surface area (Å²) in [5.74, 6) is 2.62. The molecule has 0 amide bonds. The molecule has 0 atom stereocenters. The Kier molecular flexibility index (Phi) is 2.07. The summed E-state index contributed by atoms with van der Waals surface area (Å²) in [5.41, 5.74) is 1.97. The molecule has 0 fully saturated rings. The fourth-order valence-corrected chi connectivity index (χ4v) is 2.15. The van der Waals surface area contributed by atoms with Crippen LogP contribution in [0.5, 0.6) is 0 Å². The maximum absolute atomic E-state index is 5.63. The molecule has 2 aromatic rings. The van der Waals surface area contributed by atoms with Gasteiger partial charge in [-0.3, -0.25) is 0 Å². The van der Waals surface area contributed by atoms with Crippen LogP contribution in [-0.2, 0) is 13.1 Å². The molecule has 84 valence electrons. The van der Waals surface area contributed by atoms with Crippen molar-refractivity contribution in [2.45, 2.75) is 26.9 Å². The minimum Gasteiger partial charge on any atom is -0.439 e. The molecule has 5 heteroatoms. The summed E-state index contributed by atoms with van der Waals surface area (Å²) >= 11 is 0. The van der Waals surface area contributed by atoms with Gasteiger partial charge in [-0.2, -0.15) is 0 Å². The molecule has 0 unspecified atom stereocenters. The van der Waals surface area contributed by atoms with Crippen molar-refractivity contribution in [3.8, 4) is 11.5 Å². The third-order valence-electron chi connectivity index (χ3n) is 2.87. The first-order chi connectivity index (χ1) is 7.75. The standard InChI is InChI=1S/C11H14N4O/c1-7-11(16-8(2)14-7)9-5-13-10-6-12-3-4-15(9)10/h5,12H,3-4,6H2,1-2H3. The lowest BCUT2D eigenvalue weighted by molar-refractivity contribution is 0.493. The van der Waals surface area contributed by atoms with Crippen LogP contribution in [0, 0.1) is 13.8 Å². The Morgan fingerprint density at radius 1 is 1.44 bits per heavy atom. The predicted octanol–water partition coefficient (Wildman–Crippen LogP) is 1.26. The largest absolute Gasteiger partial charge is 0.439 e. The van der Waals surface area contributed by atoms with Gasteiger partial charge in [0, 0.05) is 20.0 Å². The third-order valence-corrected chi connectivity index (χ3v) is 2.87. The van der Waals surface area contributed by atoms with Gasteiger partial charge in [0.25, 0.3) is 0 Å². The van der Waals surface area contributed by atoms with Crippen molar-refractivity contribution in [2.75, 3.05) is 6.54 Å². The zero-order valence-corrected chi connectivity index (χ0v) is 9.45. The van der Waals surface area contributed by atoms with Gasteiger partial charge < -0.3 is 14.3 Å². The van der Waals surface area contributed by atoms with Crippen LogP contribution in [0.25, 0.3) is 11.5 Å². The van der Waals surface area contributed by atoms with E-state index in [9.17, 15) is 0 Å². The van der Waals surface area contributed by atoms with E-state index in [0.29, 0.717) is 5.89 Å². The number of fused-ring (bicyclic) bond motifs is 1. The summed E-state index contributed by atoms with van der Waals surface area (Å²) < 4.78 is 7.83. The van der Waals surface area contributed by atoms with Gasteiger partial charge in [0.15, 0.2) is 11.7 Å². The summed E-state index contributed by atoms with van der Waals surface area (Å²) in [7, 11) is 0. The van der Waals surface area contributed by atoms with Crippen LogP contribution >= 0.6 is 0 Å². The number of oxazole rings is 1. The molecule has 1 N–H and O–H groups in total. The number of rotatable bonds is 1. The summed E-state index contributed by atoms with van der Waals surface area (Å²) in [6, 6.07) is 0. The second-order valence-corrected chi connectivity index (χ2v) is 4.04. The minimum absolute atomic E-state index is 0.706. The first-order valence-electron chi connectivity index (χ1n) is 5.45. The van der Waals surface area contributed by atoms with E-state index in [1.165, 1.54) is 0 Å². The highest BCUT2D eigenvalue weighted by atomic mass is 16.4. The molecular formula is C11H14N4O. The van der Waals surface area contributed by atoms with E-state index in [4.69, 9.17) is 4.42 Å². The van der Waals surface area contributed by atoms with Gasteiger partial charge in [0.1, 0.15) is 11.5 Å². The molecule has 2 aromatic heterocycles. The normalized spacial score (nSPS) is 15.1. The molecule has 0 aromatic carbocycles. The summed E-state index contributed by atoms with van der Waals surface area (Å²) in [5, 5.41) is 3.30. The van der Waals surface area contributed by atoms with E-state index >= 15 is 0 Å². The second kappa shape index (κ2) is 3.45. The molecule has 0 bridgehead atoms. The molecule has 5 nitrogen and oxygen atoms in total. The molecule has 0 saturated heterocycles. The second-order valence-electron chi connectivity index (χ2n) is 4.04. The monoisotopic (exact) mass is 218 g/mol. The van der Waals surface area contributed by atoms with Gasteiger partial charge in [-0.05, 0) is 6.92 Å². The lowest BCUT2D eigenvalue weighted by Gasteiger charge is -2.16. The molecule has 1 aliphatic rings. The molecule has 3 heterocycles. The smallest absolute Gasteiger partial charge is 0.192 e. The Morgan fingerprint density at radius 3 is 3.06 bits per heavy atom. The lowest BCUT2D eigenvalue weighted by atomic mass is 10.3. The van der Waals surface area contributed by atoms with E-state index in [-0.39, 0.29) is 0 Å².